The smallest absolute Gasteiger partial charge is 0.378 e. The first-order valence-electron chi connectivity index (χ1n) is 11.1. The number of likely N-dealkylation sites (tertiary alicyclic amines) is 1. The molecule has 1 spiro atoms. The van der Waals surface area contributed by atoms with Crippen molar-refractivity contribution in [3.8, 4) is 0 Å². The van der Waals surface area contributed by atoms with Gasteiger partial charge in [-0.2, -0.15) is 13.2 Å². The van der Waals surface area contributed by atoms with Crippen LogP contribution < -0.4 is 10.2 Å². The Kier molecular flexibility index (Phi) is 6.46. The number of benzene rings is 1. The van der Waals surface area contributed by atoms with E-state index in [0.29, 0.717) is 45.1 Å². The van der Waals surface area contributed by atoms with Crippen LogP contribution in [0.5, 0.6) is 0 Å². The molecule has 2 saturated heterocycles. The average molecular weight is 438 g/mol. The van der Waals surface area contributed by atoms with E-state index in [2.05, 4.69) is 17.5 Å². The quantitative estimate of drug-likeness (QED) is 0.705. The molecular weight excluding hydrogens is 407 g/mol. The maximum Gasteiger partial charge on any atom is 0.416 e. The van der Waals surface area contributed by atoms with E-state index >= 15 is 0 Å². The second-order valence-electron chi connectivity index (χ2n) is 8.84. The SMILES string of the molecule is O=C(NCc1ccc(N2CCOCC2)cc1C(F)(F)F)N1CCCC2(CC=CCC2)C1. The lowest BCUT2D eigenvalue weighted by Crippen LogP contribution is -2.50. The first-order chi connectivity index (χ1) is 14.9. The van der Waals surface area contributed by atoms with Gasteiger partial charge >= 0.3 is 12.2 Å². The maximum atomic E-state index is 13.7. The van der Waals surface area contributed by atoms with Crippen molar-refractivity contribution in [2.24, 2.45) is 5.41 Å². The average Bonchev–Trinajstić information content (AvgIpc) is 2.78. The van der Waals surface area contributed by atoms with Gasteiger partial charge in [-0.3, -0.25) is 0 Å². The van der Waals surface area contributed by atoms with Gasteiger partial charge in [0, 0.05) is 38.4 Å². The summed E-state index contributed by atoms with van der Waals surface area (Å²) >= 11 is 0. The molecule has 2 amide bonds. The Morgan fingerprint density at radius 1 is 1.13 bits per heavy atom. The van der Waals surface area contributed by atoms with Crippen LogP contribution in [-0.2, 0) is 17.5 Å². The van der Waals surface area contributed by atoms with Crippen LogP contribution >= 0.6 is 0 Å². The standard InChI is InChI=1S/C23H30F3N3O2/c24-23(25,26)20-15-19(28-11-13-31-14-12-28)6-5-18(20)16-27-21(30)29-10-4-9-22(17-29)7-2-1-3-8-22/h1-2,5-6,15H,3-4,7-14,16-17H2,(H,27,30). The third-order valence-corrected chi connectivity index (χ3v) is 6.71. The van der Waals surface area contributed by atoms with Gasteiger partial charge in [0.15, 0.2) is 0 Å². The third kappa shape index (κ3) is 5.17. The Morgan fingerprint density at radius 3 is 2.65 bits per heavy atom. The number of carbonyl (C=O) groups is 1. The van der Waals surface area contributed by atoms with Crippen molar-refractivity contribution in [2.45, 2.75) is 44.8 Å². The highest BCUT2D eigenvalue weighted by Gasteiger charge is 2.37. The summed E-state index contributed by atoms with van der Waals surface area (Å²) in [7, 11) is 0. The summed E-state index contributed by atoms with van der Waals surface area (Å²) in [5, 5.41) is 2.74. The van der Waals surface area contributed by atoms with Crippen LogP contribution in [0.1, 0.15) is 43.2 Å². The van der Waals surface area contributed by atoms with E-state index in [0.717, 1.165) is 32.1 Å². The first kappa shape index (κ1) is 22.0. The Labute approximate surface area is 181 Å². The predicted molar refractivity (Wildman–Crippen MR) is 113 cm³/mol. The summed E-state index contributed by atoms with van der Waals surface area (Å²) in [5.41, 5.74) is 0.0601. The minimum absolute atomic E-state index is 0.0881. The van der Waals surface area contributed by atoms with Gasteiger partial charge in [-0.15, -0.1) is 0 Å². The number of ether oxygens (including phenoxy) is 1. The van der Waals surface area contributed by atoms with E-state index in [4.69, 9.17) is 4.74 Å². The summed E-state index contributed by atoms with van der Waals surface area (Å²) in [6.45, 7) is 3.34. The van der Waals surface area contributed by atoms with Crippen LogP contribution in [0.15, 0.2) is 30.4 Å². The maximum absolute atomic E-state index is 13.7. The largest absolute Gasteiger partial charge is 0.416 e. The molecule has 1 aromatic rings. The molecule has 31 heavy (non-hydrogen) atoms. The Morgan fingerprint density at radius 2 is 1.94 bits per heavy atom. The molecule has 2 fully saturated rings. The number of amides is 2. The van der Waals surface area contributed by atoms with Crippen molar-refractivity contribution in [1.29, 1.82) is 0 Å². The molecule has 0 saturated carbocycles. The number of halogens is 3. The number of anilines is 1. The van der Waals surface area contributed by atoms with Crippen LogP contribution in [0, 0.1) is 5.41 Å². The van der Waals surface area contributed by atoms with Crippen molar-refractivity contribution in [3.63, 3.8) is 0 Å². The number of nitrogens with one attached hydrogen (secondary N) is 1. The van der Waals surface area contributed by atoms with E-state index in [-0.39, 0.29) is 23.6 Å². The van der Waals surface area contributed by atoms with E-state index in [9.17, 15) is 18.0 Å². The molecule has 3 aliphatic rings. The second-order valence-corrected chi connectivity index (χ2v) is 8.84. The zero-order chi connectivity index (χ0) is 21.9. The van der Waals surface area contributed by atoms with Crippen molar-refractivity contribution < 1.29 is 22.7 Å². The second kappa shape index (κ2) is 9.10. The van der Waals surface area contributed by atoms with E-state index in [1.54, 1.807) is 11.0 Å². The van der Waals surface area contributed by atoms with Crippen molar-refractivity contribution in [1.82, 2.24) is 10.2 Å². The van der Waals surface area contributed by atoms with Crippen LogP contribution in [0.25, 0.3) is 0 Å². The molecule has 170 valence electrons. The Balaban J connectivity index is 1.43. The van der Waals surface area contributed by atoms with Gasteiger partial charge < -0.3 is 19.9 Å². The summed E-state index contributed by atoms with van der Waals surface area (Å²) < 4.78 is 46.5. The zero-order valence-corrected chi connectivity index (χ0v) is 17.7. The number of piperidine rings is 1. The monoisotopic (exact) mass is 437 g/mol. The molecule has 1 aliphatic carbocycles. The van der Waals surface area contributed by atoms with Gasteiger partial charge in [0.2, 0.25) is 0 Å². The van der Waals surface area contributed by atoms with Crippen LogP contribution in [0.2, 0.25) is 0 Å². The highest BCUT2D eigenvalue weighted by molar-refractivity contribution is 5.74. The summed E-state index contributed by atoms with van der Waals surface area (Å²) in [6, 6.07) is 4.10. The molecule has 1 N–H and O–H groups in total. The summed E-state index contributed by atoms with van der Waals surface area (Å²) in [5.74, 6) is 0. The van der Waals surface area contributed by atoms with Crippen molar-refractivity contribution in [2.75, 3.05) is 44.3 Å². The lowest BCUT2D eigenvalue weighted by molar-refractivity contribution is -0.138. The fraction of sp³-hybridized carbons (Fsp3) is 0.609. The van der Waals surface area contributed by atoms with Crippen LogP contribution in [-0.4, -0.2) is 50.3 Å². The van der Waals surface area contributed by atoms with Crippen molar-refractivity contribution >= 4 is 11.7 Å². The molecule has 0 radical (unpaired) electrons. The van der Waals surface area contributed by atoms with Crippen molar-refractivity contribution in [3.05, 3.63) is 41.5 Å². The molecule has 1 atom stereocenters. The Hall–Kier alpha value is -2.22. The molecule has 8 heteroatoms. The number of nitrogens with zero attached hydrogens (tertiary/aromatic N) is 2. The zero-order valence-electron chi connectivity index (χ0n) is 17.7. The van der Waals surface area contributed by atoms with E-state index < -0.39 is 11.7 Å². The van der Waals surface area contributed by atoms with Crippen LogP contribution in [0.4, 0.5) is 23.7 Å². The van der Waals surface area contributed by atoms with E-state index in [1.807, 2.05) is 4.90 Å². The van der Waals surface area contributed by atoms with Crippen LogP contribution in [0.3, 0.4) is 0 Å². The minimum atomic E-state index is -4.48. The molecule has 1 aromatic carbocycles. The van der Waals surface area contributed by atoms with Gasteiger partial charge in [0.25, 0.3) is 0 Å². The molecule has 0 bridgehead atoms. The number of urea groups is 1. The third-order valence-electron chi connectivity index (χ3n) is 6.71. The number of allylic oxidation sites excluding steroid dienone is 2. The summed E-state index contributed by atoms with van der Waals surface area (Å²) in [6.07, 6.45) is 4.99. The number of carbonyl (C=O) groups excluding carboxylic acids is 1. The Bertz CT molecular complexity index is 821. The molecule has 5 nitrogen and oxygen atoms in total. The topological polar surface area (TPSA) is 44.8 Å². The van der Waals surface area contributed by atoms with Gasteiger partial charge in [-0.1, -0.05) is 18.2 Å². The predicted octanol–water partition coefficient (Wildman–Crippen LogP) is 4.57. The number of morpholine rings is 1. The van der Waals surface area contributed by atoms with Gasteiger partial charge in [0.05, 0.1) is 18.8 Å². The molecule has 2 aliphatic heterocycles. The number of hydrogen-bond acceptors (Lipinski definition) is 3. The number of hydrogen-bond donors (Lipinski definition) is 1. The van der Waals surface area contributed by atoms with Gasteiger partial charge in [-0.05, 0) is 55.2 Å². The highest BCUT2D eigenvalue weighted by atomic mass is 19.4. The van der Waals surface area contributed by atoms with Gasteiger partial charge in [0.1, 0.15) is 0 Å². The lowest BCUT2D eigenvalue weighted by Gasteiger charge is -2.43. The normalized spacial score (nSPS) is 24.5. The molecule has 0 aromatic heterocycles. The fourth-order valence-electron chi connectivity index (χ4n) is 4.98. The number of alkyl halides is 3. The summed E-state index contributed by atoms with van der Waals surface area (Å²) in [4.78, 5) is 16.4. The molecule has 4 rings (SSSR count). The molecule has 2 heterocycles. The highest BCUT2D eigenvalue weighted by Crippen LogP contribution is 2.41. The minimum Gasteiger partial charge on any atom is -0.378 e. The number of rotatable bonds is 3. The molecule has 1 unspecified atom stereocenters. The van der Waals surface area contributed by atoms with E-state index in [1.165, 1.54) is 12.1 Å². The fourth-order valence-corrected chi connectivity index (χ4v) is 4.98. The first-order valence-corrected chi connectivity index (χ1v) is 11.1. The van der Waals surface area contributed by atoms with Gasteiger partial charge in [-0.25, -0.2) is 4.79 Å². The lowest BCUT2D eigenvalue weighted by atomic mass is 9.71. The molecular formula is C23H30F3N3O2.